The first-order valence-corrected chi connectivity index (χ1v) is 11.2. The molecule has 0 bridgehead atoms. The van der Waals surface area contributed by atoms with Crippen LogP contribution in [0.2, 0.25) is 0 Å². The second-order valence-electron chi connectivity index (χ2n) is 10.9. The minimum Gasteiger partial charge on any atom is -0.462 e. The molecule has 4 rings (SSSR count). The van der Waals surface area contributed by atoms with E-state index in [0.29, 0.717) is 11.8 Å². The van der Waals surface area contributed by atoms with Crippen molar-refractivity contribution in [2.24, 2.45) is 28.1 Å². The molecule has 0 unspecified atom stereocenters. The van der Waals surface area contributed by atoms with Gasteiger partial charge >= 0.3 is 5.97 Å². The van der Waals surface area contributed by atoms with Crippen LogP contribution in [0.25, 0.3) is 0 Å². The first-order chi connectivity index (χ1) is 13.6. The van der Waals surface area contributed by atoms with Crippen LogP contribution in [0.1, 0.15) is 66.7 Å². The summed E-state index contributed by atoms with van der Waals surface area (Å²) in [4.78, 5) is 12.5. The fourth-order valence-corrected chi connectivity index (χ4v) is 6.46. The van der Waals surface area contributed by atoms with Crippen LogP contribution in [0.4, 0.5) is 0 Å². The highest BCUT2D eigenvalue weighted by molar-refractivity contribution is 5.75. The molecule has 29 heavy (non-hydrogen) atoms. The molecule has 0 amide bonds. The highest BCUT2D eigenvalue weighted by Gasteiger charge is 2.54. The van der Waals surface area contributed by atoms with Crippen molar-refractivity contribution >= 4 is 5.97 Å². The first kappa shape index (κ1) is 20.7. The zero-order valence-corrected chi connectivity index (χ0v) is 18.6. The molecular weight excluding hydrogens is 360 g/mol. The van der Waals surface area contributed by atoms with Crippen molar-refractivity contribution in [2.45, 2.75) is 72.8 Å². The monoisotopic (exact) mass is 396 g/mol. The van der Waals surface area contributed by atoms with Crippen molar-refractivity contribution < 1.29 is 14.6 Å². The summed E-state index contributed by atoms with van der Waals surface area (Å²) < 4.78 is 5.94. The molecule has 0 heterocycles. The van der Waals surface area contributed by atoms with Crippen LogP contribution in [0, 0.1) is 28.1 Å². The number of hydrogen-bond donors (Lipinski definition) is 1. The lowest BCUT2D eigenvalue weighted by molar-refractivity contribution is -0.162. The lowest BCUT2D eigenvalue weighted by Crippen LogP contribution is -2.45. The van der Waals surface area contributed by atoms with Crippen LogP contribution in [-0.2, 0) is 9.53 Å². The molecule has 158 valence electrons. The van der Waals surface area contributed by atoms with Gasteiger partial charge in [-0.1, -0.05) is 42.9 Å². The standard InChI is InChI=1S/C26H36O3/c1-17(29-23(28)24(2,3)4)20-11-12-21-19-10-9-18-8-6-7-14-26(18,16-27)22(19)13-15-25(20,21)5/h6-10,17,20,22,27H,11-16H2,1-5H3/t17-,20+,22-,25+,26+/m0/s1. The maximum Gasteiger partial charge on any atom is 0.311 e. The Morgan fingerprint density at radius 1 is 1.31 bits per heavy atom. The van der Waals surface area contributed by atoms with Crippen molar-refractivity contribution in [3.8, 4) is 0 Å². The predicted molar refractivity (Wildman–Crippen MR) is 116 cm³/mol. The van der Waals surface area contributed by atoms with Crippen LogP contribution in [0.5, 0.6) is 0 Å². The Hall–Kier alpha value is -1.61. The molecule has 1 N–H and O–H groups in total. The molecule has 4 aliphatic rings. The third-order valence-corrected chi connectivity index (χ3v) is 8.22. The van der Waals surface area contributed by atoms with Gasteiger partial charge in [-0.2, -0.15) is 0 Å². The summed E-state index contributed by atoms with van der Waals surface area (Å²) in [7, 11) is 0. The van der Waals surface area contributed by atoms with Gasteiger partial charge in [-0.15, -0.1) is 0 Å². The van der Waals surface area contributed by atoms with Gasteiger partial charge in [-0.05, 0) is 82.3 Å². The maximum atomic E-state index is 12.5. The molecular formula is C26H36O3. The Kier molecular flexibility index (Phi) is 4.97. The van der Waals surface area contributed by atoms with Crippen LogP contribution < -0.4 is 0 Å². The molecule has 3 heteroatoms. The molecule has 0 aromatic rings. The molecule has 0 radical (unpaired) electrons. The fraction of sp³-hybridized carbons (Fsp3) is 0.654. The van der Waals surface area contributed by atoms with Crippen molar-refractivity contribution in [3.05, 3.63) is 47.1 Å². The summed E-state index contributed by atoms with van der Waals surface area (Å²) in [6, 6.07) is 0. The van der Waals surface area contributed by atoms with Crippen molar-refractivity contribution in [1.29, 1.82) is 0 Å². The molecule has 1 saturated carbocycles. The predicted octanol–water partition coefficient (Wildman–Crippen LogP) is 5.52. The molecule has 0 aromatic carbocycles. The smallest absolute Gasteiger partial charge is 0.311 e. The van der Waals surface area contributed by atoms with E-state index in [0.717, 1.165) is 32.1 Å². The van der Waals surface area contributed by atoms with E-state index in [1.807, 2.05) is 20.8 Å². The summed E-state index contributed by atoms with van der Waals surface area (Å²) in [6.07, 6.45) is 16.2. The summed E-state index contributed by atoms with van der Waals surface area (Å²) in [5.74, 6) is 0.644. The number of esters is 1. The van der Waals surface area contributed by atoms with Crippen LogP contribution in [0.15, 0.2) is 47.1 Å². The third-order valence-electron chi connectivity index (χ3n) is 8.22. The maximum absolute atomic E-state index is 12.5. The minimum absolute atomic E-state index is 0.0752. The average molecular weight is 397 g/mol. The van der Waals surface area contributed by atoms with E-state index in [1.165, 1.54) is 11.1 Å². The van der Waals surface area contributed by atoms with E-state index in [2.05, 4.69) is 44.2 Å². The van der Waals surface area contributed by atoms with Crippen LogP contribution in [0.3, 0.4) is 0 Å². The number of rotatable bonds is 3. The zero-order valence-electron chi connectivity index (χ0n) is 18.6. The van der Waals surface area contributed by atoms with Gasteiger partial charge in [0, 0.05) is 11.3 Å². The quantitative estimate of drug-likeness (QED) is 0.639. The molecule has 0 aromatic heterocycles. The Labute approximate surface area is 175 Å². The van der Waals surface area contributed by atoms with E-state index in [4.69, 9.17) is 4.74 Å². The van der Waals surface area contributed by atoms with E-state index in [-0.39, 0.29) is 29.5 Å². The molecule has 3 nitrogen and oxygen atoms in total. The van der Waals surface area contributed by atoms with E-state index in [1.54, 1.807) is 5.57 Å². The number of aliphatic hydroxyl groups excluding tert-OH is 1. The lowest BCUT2D eigenvalue weighted by Gasteiger charge is -2.51. The molecule has 4 aliphatic carbocycles. The van der Waals surface area contributed by atoms with E-state index >= 15 is 0 Å². The second kappa shape index (κ2) is 6.97. The van der Waals surface area contributed by atoms with Gasteiger partial charge in [-0.3, -0.25) is 4.79 Å². The number of aliphatic hydroxyl groups is 1. The van der Waals surface area contributed by atoms with Gasteiger partial charge in [0.25, 0.3) is 0 Å². The van der Waals surface area contributed by atoms with Gasteiger partial charge in [0.1, 0.15) is 6.10 Å². The summed E-state index contributed by atoms with van der Waals surface area (Å²) in [6.45, 7) is 10.4. The van der Waals surface area contributed by atoms with Gasteiger partial charge in [0.2, 0.25) is 0 Å². The van der Waals surface area contributed by atoms with Crippen LogP contribution >= 0.6 is 0 Å². The minimum atomic E-state index is -0.469. The Morgan fingerprint density at radius 2 is 2.07 bits per heavy atom. The van der Waals surface area contributed by atoms with Gasteiger partial charge < -0.3 is 9.84 Å². The number of hydrogen-bond acceptors (Lipinski definition) is 3. The average Bonchev–Trinajstić information content (AvgIpc) is 3.04. The highest BCUT2D eigenvalue weighted by atomic mass is 16.5. The molecule has 5 atom stereocenters. The second-order valence-corrected chi connectivity index (χ2v) is 10.9. The van der Waals surface area contributed by atoms with E-state index in [9.17, 15) is 9.90 Å². The molecule has 0 spiro atoms. The summed E-state index contributed by atoms with van der Waals surface area (Å²) in [5, 5.41) is 10.4. The van der Waals surface area contributed by atoms with E-state index < -0.39 is 5.41 Å². The summed E-state index contributed by atoms with van der Waals surface area (Å²) >= 11 is 0. The Morgan fingerprint density at radius 3 is 2.76 bits per heavy atom. The topological polar surface area (TPSA) is 46.5 Å². The van der Waals surface area contributed by atoms with Crippen molar-refractivity contribution in [1.82, 2.24) is 0 Å². The lowest BCUT2D eigenvalue weighted by atomic mass is 9.54. The number of fused-ring (bicyclic) bond motifs is 4. The van der Waals surface area contributed by atoms with Gasteiger partial charge in [0.15, 0.2) is 0 Å². The number of ether oxygens (including phenoxy) is 1. The molecule has 0 aliphatic heterocycles. The Bertz CT molecular complexity index is 821. The number of carbonyl (C=O) groups excluding carboxylic acids is 1. The molecule has 1 fully saturated rings. The van der Waals surface area contributed by atoms with Gasteiger partial charge in [-0.25, -0.2) is 0 Å². The van der Waals surface area contributed by atoms with Crippen molar-refractivity contribution in [2.75, 3.05) is 6.61 Å². The largest absolute Gasteiger partial charge is 0.462 e. The molecule has 0 saturated heterocycles. The third kappa shape index (κ3) is 3.08. The summed E-state index contributed by atoms with van der Waals surface area (Å²) in [5.41, 5.74) is 3.74. The van der Waals surface area contributed by atoms with Crippen molar-refractivity contribution in [3.63, 3.8) is 0 Å². The highest BCUT2D eigenvalue weighted by Crippen LogP contribution is 2.62. The van der Waals surface area contributed by atoms with Gasteiger partial charge in [0.05, 0.1) is 12.0 Å². The SMILES string of the molecule is C[C@H](OC(=O)C(C)(C)C)[C@H]1CCC2=C3C=CC4=CC=CC[C@]4(CO)[C@H]3CC[C@@]21C. The zero-order chi connectivity index (χ0) is 21.0. The Balaban J connectivity index is 1.67. The first-order valence-electron chi connectivity index (χ1n) is 11.2. The van der Waals surface area contributed by atoms with Crippen LogP contribution in [-0.4, -0.2) is 23.8 Å². The number of allylic oxidation sites excluding steroid dienone is 7. The normalized spacial score (nSPS) is 36.8. The fourth-order valence-electron chi connectivity index (χ4n) is 6.46. The number of carbonyl (C=O) groups is 1.